The second-order valence-electron chi connectivity index (χ2n) is 4.21. The Kier molecular flexibility index (Phi) is 3.15. The third-order valence-electron chi connectivity index (χ3n) is 2.58. The smallest absolute Gasteiger partial charge is 0.325 e. The van der Waals surface area contributed by atoms with Gasteiger partial charge in [0, 0.05) is 10.7 Å². The van der Waals surface area contributed by atoms with E-state index >= 15 is 0 Å². The van der Waals surface area contributed by atoms with Crippen molar-refractivity contribution in [1.82, 2.24) is 10.3 Å². The van der Waals surface area contributed by atoms with Gasteiger partial charge in [-0.15, -0.1) is 0 Å². The van der Waals surface area contributed by atoms with E-state index in [0.29, 0.717) is 5.69 Å². The second kappa shape index (κ2) is 4.44. The van der Waals surface area contributed by atoms with Crippen LogP contribution >= 0.6 is 15.9 Å². The van der Waals surface area contributed by atoms with Crippen LogP contribution in [-0.2, 0) is 4.79 Å². The fourth-order valence-corrected chi connectivity index (χ4v) is 2.07. The summed E-state index contributed by atoms with van der Waals surface area (Å²) in [5.41, 5.74) is 0.477. The SMILES string of the molecule is CC(C)[C@@H]1NC(=O)N(c2cncc(Br)c2)C1=O. The maximum atomic E-state index is 12.1. The molecule has 1 fully saturated rings. The van der Waals surface area contributed by atoms with Gasteiger partial charge < -0.3 is 5.32 Å². The molecule has 6 heteroatoms. The van der Waals surface area contributed by atoms with Crippen LogP contribution < -0.4 is 10.2 Å². The number of hydrogen-bond acceptors (Lipinski definition) is 3. The summed E-state index contributed by atoms with van der Waals surface area (Å²) in [6.45, 7) is 3.79. The van der Waals surface area contributed by atoms with Crippen LogP contribution in [-0.4, -0.2) is 23.0 Å². The predicted molar refractivity (Wildman–Crippen MR) is 66.6 cm³/mol. The minimum Gasteiger partial charge on any atom is -0.325 e. The van der Waals surface area contributed by atoms with Crippen LogP contribution in [0.3, 0.4) is 0 Å². The van der Waals surface area contributed by atoms with Crippen molar-refractivity contribution in [2.45, 2.75) is 19.9 Å². The molecule has 5 nitrogen and oxygen atoms in total. The van der Waals surface area contributed by atoms with Crippen LogP contribution in [0.25, 0.3) is 0 Å². The summed E-state index contributed by atoms with van der Waals surface area (Å²) in [5.74, 6) is -0.165. The Labute approximate surface area is 107 Å². The number of carbonyl (C=O) groups is 2. The first kappa shape index (κ1) is 12.0. The van der Waals surface area contributed by atoms with E-state index in [4.69, 9.17) is 0 Å². The lowest BCUT2D eigenvalue weighted by molar-refractivity contribution is -0.119. The van der Waals surface area contributed by atoms with E-state index in [-0.39, 0.29) is 11.8 Å². The molecule has 0 radical (unpaired) electrons. The zero-order valence-corrected chi connectivity index (χ0v) is 11.1. The number of imide groups is 1. The van der Waals surface area contributed by atoms with Crippen LogP contribution in [0.15, 0.2) is 22.9 Å². The van der Waals surface area contributed by atoms with E-state index in [1.165, 1.54) is 6.20 Å². The molecule has 0 aliphatic carbocycles. The van der Waals surface area contributed by atoms with Crippen LogP contribution in [0.1, 0.15) is 13.8 Å². The molecule has 1 aromatic heterocycles. The highest BCUT2D eigenvalue weighted by Crippen LogP contribution is 2.23. The van der Waals surface area contributed by atoms with Gasteiger partial charge in [0.25, 0.3) is 5.91 Å². The van der Waals surface area contributed by atoms with Crippen molar-refractivity contribution in [1.29, 1.82) is 0 Å². The van der Waals surface area contributed by atoms with Crippen molar-refractivity contribution in [3.05, 3.63) is 22.9 Å². The summed E-state index contributed by atoms with van der Waals surface area (Å²) < 4.78 is 0.726. The topological polar surface area (TPSA) is 62.3 Å². The van der Waals surface area contributed by atoms with Gasteiger partial charge in [0.2, 0.25) is 0 Å². The molecule has 17 heavy (non-hydrogen) atoms. The van der Waals surface area contributed by atoms with Crippen molar-refractivity contribution >= 4 is 33.6 Å². The van der Waals surface area contributed by atoms with Gasteiger partial charge in [0.1, 0.15) is 6.04 Å². The first-order valence-electron chi connectivity index (χ1n) is 5.25. The third-order valence-corrected chi connectivity index (χ3v) is 3.02. The monoisotopic (exact) mass is 297 g/mol. The maximum Gasteiger partial charge on any atom is 0.329 e. The molecular weight excluding hydrogens is 286 g/mol. The zero-order chi connectivity index (χ0) is 12.6. The summed E-state index contributed by atoms with van der Waals surface area (Å²) in [6.07, 6.45) is 3.09. The van der Waals surface area contributed by atoms with Gasteiger partial charge in [-0.3, -0.25) is 9.78 Å². The van der Waals surface area contributed by atoms with Gasteiger partial charge in [-0.25, -0.2) is 9.69 Å². The number of pyridine rings is 1. The number of carbonyl (C=O) groups excluding carboxylic acids is 2. The Bertz CT molecular complexity index is 476. The van der Waals surface area contributed by atoms with Crippen molar-refractivity contribution in [3.63, 3.8) is 0 Å². The van der Waals surface area contributed by atoms with E-state index in [1.54, 1.807) is 12.3 Å². The molecular formula is C11H12BrN3O2. The Balaban J connectivity index is 2.34. The van der Waals surface area contributed by atoms with E-state index < -0.39 is 12.1 Å². The highest BCUT2D eigenvalue weighted by molar-refractivity contribution is 9.10. The van der Waals surface area contributed by atoms with Crippen molar-refractivity contribution in [2.75, 3.05) is 4.90 Å². The lowest BCUT2D eigenvalue weighted by Crippen LogP contribution is -2.34. The minimum atomic E-state index is -0.457. The molecule has 1 atom stereocenters. The number of amides is 3. The molecule has 1 aliphatic heterocycles. The largest absolute Gasteiger partial charge is 0.329 e. The third kappa shape index (κ3) is 2.17. The van der Waals surface area contributed by atoms with E-state index in [2.05, 4.69) is 26.2 Å². The summed E-state index contributed by atoms with van der Waals surface area (Å²) in [7, 11) is 0. The zero-order valence-electron chi connectivity index (χ0n) is 9.48. The number of urea groups is 1. The predicted octanol–water partition coefficient (Wildman–Crippen LogP) is 1.92. The number of halogens is 1. The number of rotatable bonds is 2. The van der Waals surface area contributed by atoms with Gasteiger partial charge in [-0.05, 0) is 27.9 Å². The second-order valence-corrected chi connectivity index (χ2v) is 5.12. The Hall–Kier alpha value is -1.43. The molecule has 1 aliphatic rings. The Morgan fingerprint density at radius 3 is 2.65 bits per heavy atom. The fraction of sp³-hybridized carbons (Fsp3) is 0.364. The molecule has 0 saturated carbocycles. The molecule has 2 heterocycles. The summed E-state index contributed by atoms with van der Waals surface area (Å²) in [5, 5.41) is 2.67. The molecule has 0 unspecified atom stereocenters. The highest BCUT2D eigenvalue weighted by atomic mass is 79.9. The standard InChI is InChI=1S/C11H12BrN3O2/c1-6(2)9-10(16)15(11(17)14-9)8-3-7(12)4-13-5-8/h3-6,9H,1-2H3,(H,14,17)/t9-/m0/s1. The van der Waals surface area contributed by atoms with Gasteiger partial charge in [0.15, 0.2) is 0 Å². The highest BCUT2D eigenvalue weighted by Gasteiger charge is 2.40. The number of anilines is 1. The van der Waals surface area contributed by atoms with Crippen LogP contribution in [0.2, 0.25) is 0 Å². The van der Waals surface area contributed by atoms with Gasteiger partial charge in [-0.2, -0.15) is 0 Å². The van der Waals surface area contributed by atoms with Crippen LogP contribution in [0.5, 0.6) is 0 Å². The van der Waals surface area contributed by atoms with Gasteiger partial charge in [0.05, 0.1) is 11.9 Å². The van der Waals surface area contributed by atoms with Crippen molar-refractivity contribution in [2.24, 2.45) is 5.92 Å². The summed E-state index contributed by atoms with van der Waals surface area (Å²) in [4.78, 5) is 28.9. The quantitative estimate of drug-likeness (QED) is 0.849. The Morgan fingerprint density at radius 1 is 1.41 bits per heavy atom. The molecule has 1 saturated heterocycles. The average molecular weight is 298 g/mol. The minimum absolute atomic E-state index is 0.0663. The van der Waals surface area contributed by atoms with Crippen molar-refractivity contribution < 1.29 is 9.59 Å². The number of nitrogens with one attached hydrogen (secondary N) is 1. The first-order chi connectivity index (χ1) is 8.00. The first-order valence-corrected chi connectivity index (χ1v) is 6.05. The van der Waals surface area contributed by atoms with E-state index in [0.717, 1.165) is 9.37 Å². The molecule has 1 N–H and O–H groups in total. The molecule has 0 aromatic carbocycles. The number of aromatic nitrogens is 1. The number of hydrogen-bond donors (Lipinski definition) is 1. The molecule has 2 rings (SSSR count). The number of nitrogens with zero attached hydrogens (tertiary/aromatic N) is 2. The van der Waals surface area contributed by atoms with Gasteiger partial charge in [-0.1, -0.05) is 13.8 Å². The lowest BCUT2D eigenvalue weighted by Gasteiger charge is -2.14. The molecule has 0 bridgehead atoms. The average Bonchev–Trinajstić information content (AvgIpc) is 2.54. The molecule has 3 amide bonds. The van der Waals surface area contributed by atoms with Gasteiger partial charge >= 0.3 is 6.03 Å². The van der Waals surface area contributed by atoms with Crippen molar-refractivity contribution in [3.8, 4) is 0 Å². The van der Waals surface area contributed by atoms with E-state index in [1.807, 2.05) is 13.8 Å². The molecule has 90 valence electrons. The fourth-order valence-electron chi connectivity index (χ4n) is 1.72. The Morgan fingerprint density at radius 2 is 2.12 bits per heavy atom. The summed E-state index contributed by atoms with van der Waals surface area (Å²) >= 11 is 3.26. The molecule has 1 aromatic rings. The van der Waals surface area contributed by atoms with Crippen LogP contribution in [0, 0.1) is 5.92 Å². The van der Waals surface area contributed by atoms with E-state index in [9.17, 15) is 9.59 Å². The molecule has 0 spiro atoms. The lowest BCUT2D eigenvalue weighted by atomic mass is 10.1. The normalized spacial score (nSPS) is 20.0. The van der Waals surface area contributed by atoms with Crippen LogP contribution in [0.4, 0.5) is 10.5 Å². The maximum absolute atomic E-state index is 12.1. The summed E-state index contributed by atoms with van der Waals surface area (Å²) in [6, 6.07) is 0.836.